The summed E-state index contributed by atoms with van der Waals surface area (Å²) in [5.74, 6) is 0.0475. The third-order valence-corrected chi connectivity index (χ3v) is 2.48. The van der Waals surface area contributed by atoms with Crippen LogP contribution in [0.2, 0.25) is 0 Å². The van der Waals surface area contributed by atoms with E-state index in [4.69, 9.17) is 11.1 Å². The normalized spacial score (nSPS) is 11.4. The number of nitrogens with zero attached hydrogens (tertiary/aromatic N) is 1. The largest absolute Gasteiger partial charge is 0.389 e. The van der Waals surface area contributed by atoms with Crippen LogP contribution in [0.1, 0.15) is 25.0 Å². The van der Waals surface area contributed by atoms with Gasteiger partial charge in [0, 0.05) is 24.8 Å². The molecule has 0 radical (unpaired) electrons. The maximum atomic E-state index is 9.81. The van der Waals surface area contributed by atoms with Crippen molar-refractivity contribution in [3.05, 3.63) is 29.3 Å². The molecule has 0 bridgehead atoms. The molecule has 1 aromatic rings. The van der Waals surface area contributed by atoms with E-state index in [1.807, 2.05) is 37.1 Å². The van der Waals surface area contributed by atoms with Gasteiger partial charge >= 0.3 is 0 Å². The number of nitrogens with one attached hydrogen (secondary N) is 1. The van der Waals surface area contributed by atoms with Crippen LogP contribution in [0.5, 0.6) is 0 Å². The average molecular weight is 235 g/mol. The third kappa shape index (κ3) is 3.75. The van der Waals surface area contributed by atoms with Crippen LogP contribution < -0.4 is 10.6 Å². The van der Waals surface area contributed by atoms with Crippen molar-refractivity contribution in [3.63, 3.8) is 0 Å². The maximum Gasteiger partial charge on any atom is 0.124 e. The van der Waals surface area contributed by atoms with Gasteiger partial charge in [0.25, 0.3) is 0 Å². The third-order valence-electron chi connectivity index (χ3n) is 2.48. The average Bonchev–Trinajstić information content (AvgIpc) is 2.14. The quantitative estimate of drug-likeness (QED) is 0.547. The topological polar surface area (TPSA) is 73.3 Å². The molecular formula is C13H21N3O. The van der Waals surface area contributed by atoms with Crippen molar-refractivity contribution in [3.8, 4) is 0 Å². The summed E-state index contributed by atoms with van der Waals surface area (Å²) in [5, 5.41) is 17.4. The fourth-order valence-electron chi connectivity index (χ4n) is 1.86. The summed E-state index contributed by atoms with van der Waals surface area (Å²) in [6.07, 6.45) is 0. The Kier molecular flexibility index (Phi) is 3.78. The van der Waals surface area contributed by atoms with Gasteiger partial charge in [-0.1, -0.05) is 11.6 Å². The van der Waals surface area contributed by atoms with Gasteiger partial charge in [-0.25, -0.2) is 0 Å². The number of aryl methyl sites for hydroxylation is 1. The summed E-state index contributed by atoms with van der Waals surface area (Å²) < 4.78 is 0. The van der Waals surface area contributed by atoms with Crippen LogP contribution in [-0.2, 0) is 0 Å². The Bertz CT molecular complexity index is 421. The van der Waals surface area contributed by atoms with Gasteiger partial charge in [0.2, 0.25) is 0 Å². The monoisotopic (exact) mass is 235 g/mol. The molecule has 0 saturated heterocycles. The zero-order valence-corrected chi connectivity index (χ0v) is 10.9. The van der Waals surface area contributed by atoms with Crippen molar-refractivity contribution in [2.75, 3.05) is 18.5 Å². The molecule has 0 atom stereocenters. The lowest BCUT2D eigenvalue weighted by atomic mass is 10.1. The highest BCUT2D eigenvalue weighted by molar-refractivity contribution is 6.00. The van der Waals surface area contributed by atoms with Crippen LogP contribution in [-0.4, -0.2) is 30.1 Å². The summed E-state index contributed by atoms with van der Waals surface area (Å²) >= 11 is 0. The van der Waals surface area contributed by atoms with E-state index in [-0.39, 0.29) is 5.84 Å². The lowest BCUT2D eigenvalue weighted by molar-refractivity contribution is 0.0886. The van der Waals surface area contributed by atoms with Crippen LogP contribution in [0.25, 0.3) is 0 Å². The Morgan fingerprint density at radius 3 is 2.53 bits per heavy atom. The zero-order chi connectivity index (χ0) is 13.2. The molecule has 0 fully saturated rings. The molecule has 0 unspecified atom stereocenters. The van der Waals surface area contributed by atoms with E-state index in [1.165, 1.54) is 0 Å². The number of hydrogen-bond donors (Lipinski definition) is 3. The Hall–Kier alpha value is -1.55. The molecule has 17 heavy (non-hydrogen) atoms. The zero-order valence-electron chi connectivity index (χ0n) is 10.9. The van der Waals surface area contributed by atoms with Gasteiger partial charge in [0.15, 0.2) is 0 Å². The predicted octanol–water partition coefficient (Wildman–Crippen LogP) is 1.49. The number of hydrogen-bond acceptors (Lipinski definition) is 3. The lowest BCUT2D eigenvalue weighted by Gasteiger charge is -2.28. The molecule has 0 spiro atoms. The van der Waals surface area contributed by atoms with E-state index < -0.39 is 5.60 Å². The fraction of sp³-hybridized carbons (Fsp3) is 0.462. The van der Waals surface area contributed by atoms with E-state index >= 15 is 0 Å². The van der Waals surface area contributed by atoms with Gasteiger partial charge in [0.05, 0.1) is 5.60 Å². The molecule has 94 valence electrons. The lowest BCUT2D eigenvalue weighted by Crippen LogP contribution is -2.37. The molecule has 0 aliphatic heterocycles. The summed E-state index contributed by atoms with van der Waals surface area (Å²) in [6.45, 7) is 5.96. The molecule has 1 rings (SSSR count). The number of likely N-dealkylation sites (N-methyl/N-ethyl adjacent to an activating group) is 1. The van der Waals surface area contributed by atoms with Crippen LogP contribution in [0.3, 0.4) is 0 Å². The van der Waals surface area contributed by atoms with E-state index in [0.29, 0.717) is 12.1 Å². The SMILES string of the molecule is Cc1ccc(N(C)CC(C)(C)O)c(C(=N)N)c1. The highest BCUT2D eigenvalue weighted by Crippen LogP contribution is 2.22. The molecular weight excluding hydrogens is 214 g/mol. The van der Waals surface area contributed by atoms with Gasteiger partial charge in [-0.2, -0.15) is 0 Å². The van der Waals surface area contributed by atoms with Crippen molar-refractivity contribution in [2.24, 2.45) is 5.73 Å². The minimum absolute atomic E-state index is 0.0475. The van der Waals surface area contributed by atoms with Crippen molar-refractivity contribution >= 4 is 11.5 Å². The molecule has 0 aliphatic rings. The summed E-state index contributed by atoms with van der Waals surface area (Å²) in [4.78, 5) is 1.91. The molecule has 0 aliphatic carbocycles. The molecule has 4 N–H and O–H groups in total. The molecule has 1 aromatic carbocycles. The van der Waals surface area contributed by atoms with Gasteiger partial charge in [-0.15, -0.1) is 0 Å². The van der Waals surface area contributed by atoms with Gasteiger partial charge in [-0.3, -0.25) is 5.41 Å². The Morgan fingerprint density at radius 1 is 1.47 bits per heavy atom. The first-order valence-corrected chi connectivity index (χ1v) is 5.59. The van der Waals surface area contributed by atoms with Crippen molar-refractivity contribution in [1.29, 1.82) is 5.41 Å². The molecule has 4 nitrogen and oxygen atoms in total. The van der Waals surface area contributed by atoms with E-state index in [1.54, 1.807) is 13.8 Å². The van der Waals surface area contributed by atoms with E-state index in [0.717, 1.165) is 11.3 Å². The predicted molar refractivity (Wildman–Crippen MR) is 71.8 cm³/mol. The molecule has 0 saturated carbocycles. The second kappa shape index (κ2) is 4.75. The Balaban J connectivity index is 3.09. The summed E-state index contributed by atoms with van der Waals surface area (Å²) in [7, 11) is 1.88. The number of nitrogen functional groups attached to an aromatic ring is 1. The summed E-state index contributed by atoms with van der Waals surface area (Å²) in [5.41, 5.74) is 7.43. The minimum atomic E-state index is -0.784. The number of rotatable bonds is 4. The van der Waals surface area contributed by atoms with Gasteiger partial charge in [-0.05, 0) is 32.9 Å². The first-order chi connectivity index (χ1) is 7.70. The molecule has 0 amide bonds. The number of amidine groups is 1. The van der Waals surface area contributed by atoms with Crippen LogP contribution >= 0.6 is 0 Å². The number of benzene rings is 1. The Labute approximate surface area is 103 Å². The van der Waals surface area contributed by atoms with Crippen LogP contribution in [0.15, 0.2) is 18.2 Å². The first-order valence-electron chi connectivity index (χ1n) is 5.59. The first kappa shape index (κ1) is 13.5. The second-order valence-electron chi connectivity index (χ2n) is 5.10. The van der Waals surface area contributed by atoms with Crippen molar-refractivity contribution < 1.29 is 5.11 Å². The van der Waals surface area contributed by atoms with Crippen molar-refractivity contribution in [2.45, 2.75) is 26.4 Å². The Morgan fingerprint density at radius 2 is 2.06 bits per heavy atom. The number of aliphatic hydroxyl groups is 1. The summed E-state index contributed by atoms with van der Waals surface area (Å²) in [6, 6.07) is 5.79. The molecule has 0 aromatic heterocycles. The number of nitrogens with two attached hydrogens (primary N) is 1. The standard InChI is InChI=1S/C13H21N3O/c1-9-5-6-11(10(7-9)12(14)15)16(4)8-13(2,3)17/h5-7,17H,8H2,1-4H3,(H3,14,15). The second-order valence-corrected chi connectivity index (χ2v) is 5.10. The van der Waals surface area contributed by atoms with E-state index in [2.05, 4.69) is 0 Å². The molecule has 0 heterocycles. The number of anilines is 1. The maximum absolute atomic E-state index is 9.81. The van der Waals surface area contributed by atoms with Crippen molar-refractivity contribution in [1.82, 2.24) is 0 Å². The van der Waals surface area contributed by atoms with Gasteiger partial charge in [0.1, 0.15) is 5.84 Å². The minimum Gasteiger partial charge on any atom is -0.389 e. The van der Waals surface area contributed by atoms with Gasteiger partial charge < -0.3 is 15.7 Å². The highest BCUT2D eigenvalue weighted by Gasteiger charge is 2.18. The molecule has 4 heteroatoms. The smallest absolute Gasteiger partial charge is 0.124 e. The van der Waals surface area contributed by atoms with Crippen LogP contribution in [0.4, 0.5) is 5.69 Å². The fourth-order valence-corrected chi connectivity index (χ4v) is 1.86. The highest BCUT2D eigenvalue weighted by atomic mass is 16.3. The van der Waals surface area contributed by atoms with E-state index in [9.17, 15) is 5.11 Å². The van der Waals surface area contributed by atoms with Crippen LogP contribution in [0, 0.1) is 12.3 Å².